The Morgan fingerprint density at radius 1 is 1.08 bits per heavy atom. The number of fused-ring (bicyclic) bond motifs is 2. The zero-order chi connectivity index (χ0) is 25.3. The molecule has 190 valence electrons. The molecule has 2 aliphatic heterocycles. The van der Waals surface area contributed by atoms with Gasteiger partial charge in [0.15, 0.2) is 11.8 Å². The maximum absolute atomic E-state index is 12.5. The van der Waals surface area contributed by atoms with Crippen molar-refractivity contribution < 1.29 is 19.7 Å². The molecule has 3 aromatic rings. The highest BCUT2D eigenvalue weighted by Crippen LogP contribution is 2.53. The van der Waals surface area contributed by atoms with Crippen molar-refractivity contribution >= 4 is 0 Å². The number of aromatic amines is 1. The lowest BCUT2D eigenvalue weighted by Crippen LogP contribution is -2.47. The van der Waals surface area contributed by atoms with E-state index in [4.69, 9.17) is 9.47 Å². The summed E-state index contributed by atoms with van der Waals surface area (Å²) >= 11 is 0. The third kappa shape index (κ3) is 4.14. The van der Waals surface area contributed by atoms with Crippen LogP contribution >= 0.6 is 0 Å². The van der Waals surface area contributed by atoms with Crippen molar-refractivity contribution in [1.82, 2.24) is 9.55 Å². The van der Waals surface area contributed by atoms with Gasteiger partial charge in [-0.3, -0.25) is 14.3 Å². The molecule has 0 bridgehead atoms. The number of hydrogen-bond donors (Lipinski definition) is 3. The smallest absolute Gasteiger partial charge is 0.330 e. The molecular weight excluding hydrogens is 460 g/mol. The molecule has 0 radical (unpaired) electrons. The van der Waals surface area contributed by atoms with Crippen molar-refractivity contribution in [1.29, 1.82) is 0 Å². The fourth-order valence-corrected chi connectivity index (χ4v) is 5.65. The van der Waals surface area contributed by atoms with E-state index in [2.05, 4.69) is 36.2 Å². The maximum Gasteiger partial charge on any atom is 0.330 e. The molecule has 2 aliphatic rings. The zero-order valence-electron chi connectivity index (χ0n) is 20.4. The standard InChI is InChI=1S/C28H32N2O6/c1-2-3-4-6-11-19-14-20(18-9-7-5-8-10-18)15-21-17-35-28(24(19)21)22(16-31)36-26(25(28)33)30-13-12-23(32)29-27(30)34/h5,7-10,12-15,22,25-26,31,33H,2-4,6,11,16-17H2,1H3,(H,29,32,34)/t22-,25+,26-,28+/m1/s1. The molecule has 1 fully saturated rings. The zero-order valence-corrected chi connectivity index (χ0v) is 20.4. The summed E-state index contributed by atoms with van der Waals surface area (Å²) in [7, 11) is 0. The predicted octanol–water partition coefficient (Wildman–Crippen LogP) is 3.00. The fraction of sp³-hybridized carbons (Fsp3) is 0.429. The van der Waals surface area contributed by atoms with Gasteiger partial charge in [0.1, 0.15) is 12.2 Å². The number of rotatable bonds is 8. The van der Waals surface area contributed by atoms with Crippen LogP contribution in [-0.4, -0.2) is 38.6 Å². The van der Waals surface area contributed by atoms with E-state index < -0.39 is 41.9 Å². The average molecular weight is 493 g/mol. The summed E-state index contributed by atoms with van der Waals surface area (Å²) in [6.45, 7) is 2.02. The van der Waals surface area contributed by atoms with Crippen molar-refractivity contribution in [2.45, 2.75) is 69.7 Å². The second-order valence-electron chi connectivity index (χ2n) is 9.59. The molecule has 0 saturated carbocycles. The van der Waals surface area contributed by atoms with Gasteiger partial charge in [0.25, 0.3) is 5.56 Å². The lowest BCUT2D eigenvalue weighted by molar-refractivity contribution is -0.135. The third-order valence-corrected chi connectivity index (χ3v) is 7.35. The SMILES string of the molecule is CCCCCCc1cc(-c2ccccc2)cc2c1[C@@]1(OC2)[C@@H](CO)O[C@@H](n2ccc(=O)[nH]c2=O)[C@@H]1O. The lowest BCUT2D eigenvalue weighted by atomic mass is 9.79. The van der Waals surface area contributed by atoms with Gasteiger partial charge in [0, 0.05) is 12.3 Å². The Labute approximate surface area is 209 Å². The van der Waals surface area contributed by atoms with Crippen LogP contribution in [-0.2, 0) is 28.1 Å². The van der Waals surface area contributed by atoms with Gasteiger partial charge in [0.2, 0.25) is 0 Å². The Bertz CT molecular complexity index is 1330. The number of hydrogen-bond acceptors (Lipinski definition) is 6. The van der Waals surface area contributed by atoms with Crippen LogP contribution in [0, 0.1) is 0 Å². The van der Waals surface area contributed by atoms with Crippen molar-refractivity contribution in [2.75, 3.05) is 6.61 Å². The number of aryl methyl sites for hydroxylation is 1. The van der Waals surface area contributed by atoms with Gasteiger partial charge < -0.3 is 19.7 Å². The van der Waals surface area contributed by atoms with Gasteiger partial charge in [-0.1, -0.05) is 62.6 Å². The highest BCUT2D eigenvalue weighted by atomic mass is 16.6. The van der Waals surface area contributed by atoms with Crippen molar-refractivity contribution in [3.63, 3.8) is 0 Å². The van der Waals surface area contributed by atoms with Gasteiger partial charge in [-0.25, -0.2) is 4.79 Å². The summed E-state index contributed by atoms with van der Waals surface area (Å²) in [4.78, 5) is 26.3. The van der Waals surface area contributed by atoms with Crippen LogP contribution in [0.4, 0.5) is 0 Å². The van der Waals surface area contributed by atoms with E-state index >= 15 is 0 Å². The maximum atomic E-state index is 12.5. The molecule has 1 aromatic heterocycles. The van der Waals surface area contributed by atoms with Crippen molar-refractivity contribution in [3.05, 3.63) is 92.3 Å². The highest BCUT2D eigenvalue weighted by Gasteiger charge is 2.62. The number of aromatic nitrogens is 2. The quantitative estimate of drug-likeness (QED) is 0.417. The summed E-state index contributed by atoms with van der Waals surface area (Å²) in [5, 5.41) is 22.0. The molecule has 1 spiro atoms. The number of H-pyrrole nitrogens is 1. The van der Waals surface area contributed by atoms with E-state index in [9.17, 15) is 19.8 Å². The molecular formula is C28H32N2O6. The van der Waals surface area contributed by atoms with E-state index in [-0.39, 0.29) is 6.61 Å². The molecule has 2 aromatic carbocycles. The molecule has 0 aliphatic carbocycles. The van der Waals surface area contributed by atoms with Crippen LogP contribution in [0.15, 0.2) is 64.3 Å². The molecule has 5 rings (SSSR count). The minimum Gasteiger partial charge on any atom is -0.394 e. The second kappa shape index (κ2) is 10.1. The first-order valence-corrected chi connectivity index (χ1v) is 12.6. The predicted molar refractivity (Wildman–Crippen MR) is 135 cm³/mol. The Hall–Kier alpha value is -3.04. The third-order valence-electron chi connectivity index (χ3n) is 7.35. The minimum atomic E-state index is -1.33. The molecule has 3 N–H and O–H groups in total. The Morgan fingerprint density at radius 2 is 1.89 bits per heavy atom. The topological polar surface area (TPSA) is 114 Å². The minimum absolute atomic E-state index is 0.252. The van der Waals surface area contributed by atoms with Crippen molar-refractivity contribution in [3.8, 4) is 11.1 Å². The van der Waals surface area contributed by atoms with Crippen LogP contribution in [0.25, 0.3) is 11.1 Å². The number of unbranched alkanes of at least 4 members (excludes halogenated alkanes) is 3. The lowest BCUT2D eigenvalue weighted by Gasteiger charge is -2.33. The summed E-state index contributed by atoms with van der Waals surface area (Å²) in [6.07, 6.45) is 3.13. The van der Waals surface area contributed by atoms with E-state index in [0.29, 0.717) is 0 Å². The molecule has 3 heterocycles. The molecule has 4 atom stereocenters. The molecule has 0 unspecified atom stereocenters. The normalized spacial score (nSPS) is 24.9. The first kappa shape index (κ1) is 24.6. The highest BCUT2D eigenvalue weighted by molar-refractivity contribution is 5.67. The van der Waals surface area contributed by atoms with Crippen molar-refractivity contribution in [2.24, 2.45) is 0 Å². The number of aliphatic hydroxyl groups is 2. The number of aliphatic hydroxyl groups excluding tert-OH is 2. The Morgan fingerprint density at radius 3 is 2.61 bits per heavy atom. The number of nitrogens with zero attached hydrogens (tertiary/aromatic N) is 1. The summed E-state index contributed by atoms with van der Waals surface area (Å²) in [5.74, 6) is 0. The number of ether oxygens (including phenoxy) is 2. The van der Waals surface area contributed by atoms with E-state index in [0.717, 1.165) is 64.5 Å². The largest absolute Gasteiger partial charge is 0.394 e. The fourth-order valence-electron chi connectivity index (χ4n) is 5.65. The van der Waals surface area contributed by atoms with E-state index in [1.807, 2.05) is 18.2 Å². The first-order valence-electron chi connectivity index (χ1n) is 12.6. The van der Waals surface area contributed by atoms with Crippen LogP contribution in [0.5, 0.6) is 0 Å². The van der Waals surface area contributed by atoms with Gasteiger partial charge in [-0.15, -0.1) is 0 Å². The molecule has 0 amide bonds. The van der Waals surface area contributed by atoms with Gasteiger partial charge in [0.05, 0.1) is 13.2 Å². The van der Waals surface area contributed by atoms with Gasteiger partial charge >= 0.3 is 5.69 Å². The molecule has 8 nitrogen and oxygen atoms in total. The Kier molecular flexibility index (Phi) is 6.94. The monoisotopic (exact) mass is 492 g/mol. The van der Waals surface area contributed by atoms with Gasteiger partial charge in [-0.2, -0.15) is 0 Å². The first-order chi connectivity index (χ1) is 17.5. The molecule has 8 heteroatoms. The van der Waals surface area contributed by atoms with Crippen LogP contribution in [0.2, 0.25) is 0 Å². The van der Waals surface area contributed by atoms with E-state index in [1.54, 1.807) is 0 Å². The number of benzene rings is 2. The van der Waals surface area contributed by atoms with E-state index in [1.165, 1.54) is 12.3 Å². The summed E-state index contributed by atoms with van der Waals surface area (Å²) < 4.78 is 13.5. The second-order valence-corrected chi connectivity index (χ2v) is 9.59. The summed E-state index contributed by atoms with van der Waals surface area (Å²) in [6, 6.07) is 15.6. The van der Waals surface area contributed by atoms with Crippen LogP contribution in [0.1, 0.15) is 55.5 Å². The summed E-state index contributed by atoms with van der Waals surface area (Å²) in [5.41, 5.74) is 2.43. The Balaban J connectivity index is 1.61. The average Bonchev–Trinajstić information content (AvgIpc) is 3.41. The van der Waals surface area contributed by atoms with Crippen LogP contribution in [0.3, 0.4) is 0 Å². The van der Waals surface area contributed by atoms with Crippen LogP contribution < -0.4 is 11.2 Å². The molecule has 36 heavy (non-hydrogen) atoms. The van der Waals surface area contributed by atoms with Gasteiger partial charge in [-0.05, 0) is 46.7 Å². The molecule has 1 saturated heterocycles. The number of nitrogens with one attached hydrogen (secondary N) is 1.